The van der Waals surface area contributed by atoms with Gasteiger partial charge in [0, 0.05) is 11.9 Å². The predicted octanol–water partition coefficient (Wildman–Crippen LogP) is 2.25. The molecule has 1 aromatic rings. The van der Waals surface area contributed by atoms with Gasteiger partial charge < -0.3 is 4.74 Å². The lowest BCUT2D eigenvalue weighted by Gasteiger charge is -2.08. The first-order chi connectivity index (χ1) is 6.24. The van der Waals surface area contributed by atoms with Gasteiger partial charge in [0.15, 0.2) is 0 Å². The molecule has 0 saturated heterocycles. The van der Waals surface area contributed by atoms with E-state index in [4.69, 9.17) is 4.74 Å². The summed E-state index contributed by atoms with van der Waals surface area (Å²) in [5, 5.41) is 0. The quantitative estimate of drug-likeness (QED) is 0.588. The van der Waals surface area contributed by atoms with Crippen LogP contribution < -0.4 is 4.74 Å². The first kappa shape index (κ1) is 10.1. The molecule has 0 atom stereocenters. The van der Waals surface area contributed by atoms with Crippen molar-refractivity contribution in [3.05, 3.63) is 36.2 Å². The van der Waals surface area contributed by atoms with Crippen molar-refractivity contribution in [2.24, 2.45) is 0 Å². The summed E-state index contributed by atoms with van der Waals surface area (Å²) in [5.74, 6) is 1.46. The standard InChI is InChI=1S/C10H13NOS/c1-8(7-13)6-12-10-4-3-5-11-9(10)2/h3-5,13H,1,6-7H2,2H3. The third kappa shape index (κ3) is 3.11. The summed E-state index contributed by atoms with van der Waals surface area (Å²) in [6, 6.07) is 3.75. The van der Waals surface area contributed by atoms with E-state index in [1.807, 2.05) is 19.1 Å². The Morgan fingerprint density at radius 2 is 2.46 bits per heavy atom. The summed E-state index contributed by atoms with van der Waals surface area (Å²) in [7, 11) is 0. The molecule has 0 unspecified atom stereocenters. The van der Waals surface area contributed by atoms with Crippen LogP contribution in [0.3, 0.4) is 0 Å². The highest BCUT2D eigenvalue weighted by Crippen LogP contribution is 2.14. The highest BCUT2D eigenvalue weighted by atomic mass is 32.1. The van der Waals surface area contributed by atoms with Crippen molar-refractivity contribution in [3.63, 3.8) is 0 Å². The van der Waals surface area contributed by atoms with Crippen molar-refractivity contribution < 1.29 is 4.74 Å². The Balaban J connectivity index is 2.54. The van der Waals surface area contributed by atoms with Crippen LogP contribution in [-0.4, -0.2) is 17.3 Å². The minimum Gasteiger partial charge on any atom is -0.487 e. The van der Waals surface area contributed by atoms with E-state index in [-0.39, 0.29) is 0 Å². The first-order valence-electron chi connectivity index (χ1n) is 4.06. The lowest BCUT2D eigenvalue weighted by atomic mass is 10.3. The maximum atomic E-state index is 5.48. The molecule has 0 saturated carbocycles. The van der Waals surface area contributed by atoms with Crippen LogP contribution in [0.25, 0.3) is 0 Å². The number of rotatable bonds is 4. The van der Waals surface area contributed by atoms with Crippen molar-refractivity contribution in [2.45, 2.75) is 6.92 Å². The molecule has 0 bridgehead atoms. The first-order valence-corrected chi connectivity index (χ1v) is 4.69. The van der Waals surface area contributed by atoms with Crippen LogP contribution in [0.15, 0.2) is 30.5 Å². The molecule has 1 heterocycles. The molecule has 3 heteroatoms. The Morgan fingerprint density at radius 3 is 3.08 bits per heavy atom. The molecule has 0 aliphatic rings. The third-order valence-corrected chi connectivity index (χ3v) is 2.06. The van der Waals surface area contributed by atoms with Gasteiger partial charge in [-0.1, -0.05) is 6.58 Å². The van der Waals surface area contributed by atoms with Gasteiger partial charge in [0.2, 0.25) is 0 Å². The number of nitrogens with zero attached hydrogens (tertiary/aromatic N) is 1. The molecule has 1 aromatic heterocycles. The van der Waals surface area contributed by atoms with Crippen LogP contribution in [0.2, 0.25) is 0 Å². The van der Waals surface area contributed by atoms with Crippen LogP contribution in [0.4, 0.5) is 0 Å². The second kappa shape index (κ2) is 4.92. The van der Waals surface area contributed by atoms with E-state index in [0.717, 1.165) is 17.0 Å². The van der Waals surface area contributed by atoms with Gasteiger partial charge in [0.05, 0.1) is 5.69 Å². The zero-order chi connectivity index (χ0) is 9.68. The number of pyridine rings is 1. The molecule has 0 radical (unpaired) electrons. The van der Waals surface area contributed by atoms with E-state index in [9.17, 15) is 0 Å². The minimum absolute atomic E-state index is 0.510. The fraction of sp³-hybridized carbons (Fsp3) is 0.300. The molecular formula is C10H13NOS. The fourth-order valence-electron chi connectivity index (χ4n) is 0.848. The number of hydrogen-bond donors (Lipinski definition) is 1. The molecular weight excluding hydrogens is 182 g/mol. The van der Waals surface area contributed by atoms with Crippen molar-refractivity contribution in [1.82, 2.24) is 4.98 Å². The maximum absolute atomic E-state index is 5.48. The topological polar surface area (TPSA) is 22.1 Å². The predicted molar refractivity (Wildman–Crippen MR) is 57.5 cm³/mol. The Hall–Kier alpha value is -0.960. The maximum Gasteiger partial charge on any atom is 0.140 e. The molecule has 1 rings (SSSR count). The summed E-state index contributed by atoms with van der Waals surface area (Å²) in [5.41, 5.74) is 1.86. The summed E-state index contributed by atoms with van der Waals surface area (Å²) >= 11 is 4.09. The lowest BCUT2D eigenvalue weighted by molar-refractivity contribution is 0.349. The SMILES string of the molecule is C=C(CS)COc1cccnc1C. The second-order valence-electron chi connectivity index (χ2n) is 2.78. The van der Waals surface area contributed by atoms with E-state index in [1.165, 1.54) is 0 Å². The fourth-order valence-corrected chi connectivity index (χ4v) is 0.939. The van der Waals surface area contributed by atoms with Gasteiger partial charge in [0.25, 0.3) is 0 Å². The summed E-state index contributed by atoms with van der Waals surface area (Å²) in [4.78, 5) is 4.11. The molecule has 0 N–H and O–H groups in total. The van der Waals surface area contributed by atoms with Gasteiger partial charge in [-0.05, 0) is 24.6 Å². The van der Waals surface area contributed by atoms with Crippen LogP contribution in [-0.2, 0) is 0 Å². The van der Waals surface area contributed by atoms with Crippen LogP contribution in [0, 0.1) is 6.92 Å². The minimum atomic E-state index is 0.510. The monoisotopic (exact) mass is 195 g/mol. The van der Waals surface area contributed by atoms with Crippen molar-refractivity contribution in [1.29, 1.82) is 0 Å². The molecule has 13 heavy (non-hydrogen) atoms. The largest absolute Gasteiger partial charge is 0.487 e. The molecule has 0 aromatic carbocycles. The third-order valence-electron chi connectivity index (χ3n) is 1.61. The number of ether oxygens (including phenoxy) is 1. The highest BCUT2D eigenvalue weighted by molar-refractivity contribution is 7.80. The molecule has 0 spiro atoms. The van der Waals surface area contributed by atoms with E-state index >= 15 is 0 Å². The van der Waals surface area contributed by atoms with E-state index in [1.54, 1.807) is 6.20 Å². The van der Waals surface area contributed by atoms with E-state index in [2.05, 4.69) is 24.2 Å². The summed E-state index contributed by atoms with van der Waals surface area (Å²) in [6.07, 6.45) is 1.75. The van der Waals surface area contributed by atoms with Gasteiger partial charge in [-0.3, -0.25) is 4.98 Å². The number of aromatic nitrogens is 1. The summed E-state index contributed by atoms with van der Waals surface area (Å²) in [6.45, 7) is 6.22. The van der Waals surface area contributed by atoms with Crippen LogP contribution in [0.1, 0.15) is 5.69 Å². The number of aryl methyl sites for hydroxylation is 1. The second-order valence-corrected chi connectivity index (χ2v) is 3.10. The Labute approximate surface area is 84.1 Å². The van der Waals surface area contributed by atoms with E-state index < -0.39 is 0 Å². The molecule has 70 valence electrons. The molecule has 2 nitrogen and oxygen atoms in total. The van der Waals surface area contributed by atoms with Crippen LogP contribution >= 0.6 is 12.6 Å². The van der Waals surface area contributed by atoms with Crippen LogP contribution in [0.5, 0.6) is 5.75 Å². The van der Waals surface area contributed by atoms with Crippen molar-refractivity contribution >= 4 is 12.6 Å². The lowest BCUT2D eigenvalue weighted by Crippen LogP contribution is -2.02. The normalized spacial score (nSPS) is 9.69. The van der Waals surface area contributed by atoms with Gasteiger partial charge >= 0.3 is 0 Å². The zero-order valence-corrected chi connectivity index (χ0v) is 8.55. The van der Waals surface area contributed by atoms with Gasteiger partial charge in [-0.2, -0.15) is 12.6 Å². The number of thiol groups is 1. The molecule has 0 fully saturated rings. The Morgan fingerprint density at radius 1 is 1.69 bits per heavy atom. The van der Waals surface area contributed by atoms with Gasteiger partial charge in [0.1, 0.15) is 12.4 Å². The van der Waals surface area contributed by atoms with Crippen molar-refractivity contribution in [2.75, 3.05) is 12.4 Å². The summed E-state index contributed by atoms with van der Waals surface area (Å²) < 4.78 is 5.48. The van der Waals surface area contributed by atoms with Crippen molar-refractivity contribution in [3.8, 4) is 5.75 Å². The Bertz CT molecular complexity index is 299. The van der Waals surface area contributed by atoms with Gasteiger partial charge in [-0.25, -0.2) is 0 Å². The average Bonchev–Trinajstić information content (AvgIpc) is 2.16. The molecule has 0 amide bonds. The highest BCUT2D eigenvalue weighted by Gasteiger charge is 1.99. The number of hydrogen-bond acceptors (Lipinski definition) is 3. The van der Waals surface area contributed by atoms with E-state index in [0.29, 0.717) is 12.4 Å². The average molecular weight is 195 g/mol. The smallest absolute Gasteiger partial charge is 0.140 e. The van der Waals surface area contributed by atoms with Gasteiger partial charge in [-0.15, -0.1) is 0 Å². The molecule has 0 aliphatic carbocycles. The molecule has 0 aliphatic heterocycles. The Kier molecular flexibility index (Phi) is 3.83. The zero-order valence-electron chi connectivity index (χ0n) is 7.66.